The number of amides is 2. The van der Waals surface area contributed by atoms with Crippen LogP contribution in [0.2, 0.25) is 0 Å². The third-order valence-electron chi connectivity index (χ3n) is 3.69. The van der Waals surface area contributed by atoms with E-state index in [1.165, 1.54) is 24.5 Å². The maximum absolute atomic E-state index is 13.9. The van der Waals surface area contributed by atoms with Gasteiger partial charge in [0.2, 0.25) is 0 Å². The Morgan fingerprint density at radius 1 is 1.08 bits per heavy atom. The molecule has 0 aliphatic rings. The zero-order valence-electron chi connectivity index (χ0n) is 14.9. The number of halogens is 1. The second-order valence-corrected chi connectivity index (χ2v) is 8.00. The van der Waals surface area contributed by atoms with Gasteiger partial charge in [-0.3, -0.25) is 4.98 Å². The van der Waals surface area contributed by atoms with E-state index in [2.05, 4.69) is 15.3 Å². The van der Waals surface area contributed by atoms with E-state index >= 15 is 0 Å². The van der Waals surface area contributed by atoms with Crippen LogP contribution in [0.4, 0.5) is 14.9 Å². The van der Waals surface area contributed by atoms with Gasteiger partial charge in [0, 0.05) is 18.1 Å². The van der Waals surface area contributed by atoms with Crippen molar-refractivity contribution in [2.75, 3.05) is 5.32 Å². The first-order valence-corrected chi connectivity index (χ1v) is 9.53. The minimum atomic E-state index is -4.16. The molecule has 140 valence electrons. The number of anilines is 1. The minimum absolute atomic E-state index is 0.0740. The predicted octanol–water partition coefficient (Wildman–Crippen LogP) is 3.37. The van der Waals surface area contributed by atoms with Gasteiger partial charge in [0.25, 0.3) is 10.0 Å². The summed E-state index contributed by atoms with van der Waals surface area (Å²) in [7, 11) is -4.16. The highest BCUT2D eigenvalue weighted by atomic mass is 32.2. The van der Waals surface area contributed by atoms with Crippen LogP contribution in [0.25, 0.3) is 0 Å². The molecule has 0 saturated heterocycles. The molecule has 0 radical (unpaired) electrons. The smallest absolute Gasteiger partial charge is 0.307 e. The van der Waals surface area contributed by atoms with E-state index in [0.29, 0.717) is 16.8 Å². The van der Waals surface area contributed by atoms with E-state index in [1.54, 1.807) is 0 Å². The largest absolute Gasteiger partial charge is 0.333 e. The number of aromatic nitrogens is 2. The molecule has 0 aliphatic heterocycles. The number of rotatable bonds is 5. The standard InChI is InChI=1S/C17H21FN4O3S/c1-10(2)13-7-12(18)8-14(11(3)4)16(13)21-17(23)22-26(24,25)15-9-19-5-6-20-15/h5-11H,1-4H3,(H2,21,22,23). The molecule has 0 spiro atoms. The lowest BCUT2D eigenvalue weighted by molar-refractivity contribution is 0.256. The van der Waals surface area contributed by atoms with Crippen LogP contribution in [-0.2, 0) is 10.0 Å². The maximum atomic E-state index is 13.9. The van der Waals surface area contributed by atoms with Crippen LogP contribution >= 0.6 is 0 Å². The molecule has 1 aromatic heterocycles. The highest BCUT2D eigenvalue weighted by molar-refractivity contribution is 7.90. The molecular formula is C17H21FN4O3S. The number of sulfonamides is 1. The van der Waals surface area contributed by atoms with Crippen molar-refractivity contribution in [3.05, 3.63) is 47.7 Å². The summed E-state index contributed by atoms with van der Waals surface area (Å²) in [6.45, 7) is 7.44. The van der Waals surface area contributed by atoms with Crippen LogP contribution in [-0.4, -0.2) is 24.4 Å². The molecule has 7 nitrogen and oxygen atoms in total. The summed E-state index contributed by atoms with van der Waals surface area (Å²) >= 11 is 0. The number of carbonyl (C=O) groups excluding carboxylic acids is 1. The molecule has 9 heteroatoms. The molecular weight excluding hydrogens is 359 g/mol. The Bertz CT molecular complexity index is 870. The number of hydrogen-bond acceptors (Lipinski definition) is 5. The summed E-state index contributed by atoms with van der Waals surface area (Å²) < 4.78 is 40.2. The molecule has 2 aromatic rings. The molecule has 1 aromatic carbocycles. The van der Waals surface area contributed by atoms with Gasteiger partial charge in [0.1, 0.15) is 5.82 Å². The molecule has 2 rings (SSSR count). The number of urea groups is 1. The molecule has 0 bridgehead atoms. The van der Waals surface area contributed by atoms with Gasteiger partial charge in [-0.1, -0.05) is 27.7 Å². The van der Waals surface area contributed by atoms with Crippen LogP contribution in [0.15, 0.2) is 35.7 Å². The third kappa shape index (κ3) is 4.54. The van der Waals surface area contributed by atoms with Crippen LogP contribution in [0.5, 0.6) is 0 Å². The molecule has 0 saturated carbocycles. The van der Waals surface area contributed by atoms with Crippen molar-refractivity contribution < 1.29 is 17.6 Å². The van der Waals surface area contributed by atoms with Gasteiger partial charge in [-0.2, -0.15) is 8.42 Å². The van der Waals surface area contributed by atoms with E-state index in [0.717, 1.165) is 6.20 Å². The van der Waals surface area contributed by atoms with Gasteiger partial charge < -0.3 is 5.32 Å². The molecule has 0 atom stereocenters. The van der Waals surface area contributed by atoms with Crippen molar-refractivity contribution in [2.24, 2.45) is 0 Å². The SMILES string of the molecule is CC(C)c1cc(F)cc(C(C)C)c1NC(=O)NS(=O)(=O)c1cnccn1. The Labute approximate surface area is 152 Å². The molecule has 0 aliphatic carbocycles. The topological polar surface area (TPSA) is 101 Å². The number of nitrogens with zero attached hydrogens (tertiary/aromatic N) is 2. The van der Waals surface area contributed by atoms with Crippen molar-refractivity contribution >= 4 is 21.7 Å². The van der Waals surface area contributed by atoms with Gasteiger partial charge in [0.15, 0.2) is 5.03 Å². The number of benzene rings is 1. The van der Waals surface area contributed by atoms with Crippen molar-refractivity contribution in [1.29, 1.82) is 0 Å². The van der Waals surface area contributed by atoms with Crippen molar-refractivity contribution in [3.63, 3.8) is 0 Å². The van der Waals surface area contributed by atoms with E-state index in [4.69, 9.17) is 0 Å². The first-order valence-electron chi connectivity index (χ1n) is 8.05. The molecule has 0 fully saturated rings. The molecule has 1 heterocycles. The Hall–Kier alpha value is -2.55. The predicted molar refractivity (Wildman–Crippen MR) is 96.0 cm³/mol. The van der Waals surface area contributed by atoms with Gasteiger partial charge in [-0.25, -0.2) is 18.9 Å². The molecule has 0 unspecified atom stereocenters. The normalized spacial score (nSPS) is 11.7. The third-order valence-corrected chi connectivity index (χ3v) is 4.90. The monoisotopic (exact) mass is 380 g/mol. The summed E-state index contributed by atoms with van der Waals surface area (Å²) in [6.07, 6.45) is 3.56. The van der Waals surface area contributed by atoms with Crippen molar-refractivity contribution in [3.8, 4) is 0 Å². The lowest BCUT2D eigenvalue weighted by Gasteiger charge is -2.20. The molecule has 2 amide bonds. The fourth-order valence-corrected chi connectivity index (χ4v) is 3.24. The Kier molecular flexibility index (Phi) is 5.91. The van der Waals surface area contributed by atoms with Crippen molar-refractivity contribution in [2.45, 2.75) is 44.6 Å². The summed E-state index contributed by atoms with van der Waals surface area (Å²) in [5.41, 5.74) is 1.57. The summed E-state index contributed by atoms with van der Waals surface area (Å²) in [5.74, 6) is -0.555. The zero-order valence-corrected chi connectivity index (χ0v) is 15.8. The lowest BCUT2D eigenvalue weighted by atomic mass is 9.92. The number of nitrogens with one attached hydrogen (secondary N) is 2. The van der Waals surface area contributed by atoms with Gasteiger partial charge in [0.05, 0.1) is 6.20 Å². The summed E-state index contributed by atoms with van der Waals surface area (Å²) in [6, 6.07) is 1.72. The molecule has 26 heavy (non-hydrogen) atoms. The van der Waals surface area contributed by atoms with Crippen LogP contribution in [0.3, 0.4) is 0 Å². The Balaban J connectivity index is 2.34. The van der Waals surface area contributed by atoms with E-state index < -0.39 is 21.9 Å². The fraction of sp³-hybridized carbons (Fsp3) is 0.353. The lowest BCUT2D eigenvalue weighted by Crippen LogP contribution is -2.35. The van der Waals surface area contributed by atoms with Gasteiger partial charge >= 0.3 is 6.03 Å². The van der Waals surface area contributed by atoms with E-state index in [1.807, 2.05) is 32.4 Å². The Morgan fingerprint density at radius 2 is 1.65 bits per heavy atom. The average molecular weight is 380 g/mol. The van der Waals surface area contributed by atoms with Crippen LogP contribution in [0.1, 0.15) is 50.7 Å². The minimum Gasteiger partial charge on any atom is -0.307 e. The molecule has 2 N–H and O–H groups in total. The summed E-state index contributed by atoms with van der Waals surface area (Å²) in [5, 5.41) is 2.18. The number of hydrogen-bond donors (Lipinski definition) is 2. The first kappa shape index (κ1) is 19.8. The van der Waals surface area contributed by atoms with E-state index in [-0.39, 0.29) is 16.9 Å². The van der Waals surface area contributed by atoms with Gasteiger partial charge in [-0.05, 0) is 35.1 Å². The summed E-state index contributed by atoms with van der Waals surface area (Å²) in [4.78, 5) is 19.6. The maximum Gasteiger partial charge on any atom is 0.333 e. The average Bonchev–Trinajstić information content (AvgIpc) is 2.56. The van der Waals surface area contributed by atoms with Gasteiger partial charge in [-0.15, -0.1) is 0 Å². The second kappa shape index (κ2) is 7.77. The highest BCUT2D eigenvalue weighted by Crippen LogP contribution is 2.33. The number of carbonyl (C=O) groups is 1. The van der Waals surface area contributed by atoms with Crippen LogP contribution in [0, 0.1) is 5.82 Å². The quantitative estimate of drug-likeness (QED) is 0.828. The van der Waals surface area contributed by atoms with E-state index in [9.17, 15) is 17.6 Å². The fourth-order valence-electron chi connectivity index (χ4n) is 2.44. The van der Waals surface area contributed by atoms with Crippen molar-refractivity contribution in [1.82, 2.24) is 14.7 Å². The Morgan fingerprint density at radius 3 is 2.12 bits per heavy atom. The zero-order chi connectivity index (χ0) is 19.5. The second-order valence-electron chi connectivity index (χ2n) is 6.37. The highest BCUT2D eigenvalue weighted by Gasteiger charge is 2.22. The van der Waals surface area contributed by atoms with Crippen LogP contribution < -0.4 is 10.0 Å². The first-order chi connectivity index (χ1) is 12.1.